The molecular weight excluding hydrogens is 480 g/mol. The smallest absolute Gasteiger partial charge is 0.191 e. The summed E-state index contributed by atoms with van der Waals surface area (Å²) in [6.45, 7) is 12.4. The molecule has 0 bridgehead atoms. The Labute approximate surface area is 225 Å². The molecular formula is C29H36N6O3. The van der Waals surface area contributed by atoms with Crippen LogP contribution < -0.4 is 15.2 Å². The minimum absolute atomic E-state index is 0.0271. The van der Waals surface area contributed by atoms with E-state index in [0.29, 0.717) is 37.8 Å². The van der Waals surface area contributed by atoms with E-state index in [1.54, 1.807) is 0 Å². The minimum atomic E-state index is -1.69. The Bertz CT molecular complexity index is 1200. The van der Waals surface area contributed by atoms with Crippen molar-refractivity contribution in [3.8, 4) is 29.7 Å². The number of hydrogen-bond donors (Lipinski definition) is 1. The van der Waals surface area contributed by atoms with Crippen LogP contribution >= 0.6 is 0 Å². The van der Waals surface area contributed by atoms with Crippen molar-refractivity contribution in [3.05, 3.63) is 46.7 Å². The molecule has 1 saturated heterocycles. The van der Waals surface area contributed by atoms with Gasteiger partial charge in [0.2, 0.25) is 0 Å². The van der Waals surface area contributed by atoms with E-state index >= 15 is 0 Å². The normalized spacial score (nSPS) is 23.6. The molecule has 0 spiro atoms. The highest BCUT2D eigenvalue weighted by Gasteiger charge is 2.54. The summed E-state index contributed by atoms with van der Waals surface area (Å²) in [5.41, 5.74) is 6.65. The van der Waals surface area contributed by atoms with Crippen molar-refractivity contribution in [1.29, 1.82) is 15.8 Å². The first-order chi connectivity index (χ1) is 18.4. The molecule has 0 unspecified atom stereocenters. The van der Waals surface area contributed by atoms with Crippen LogP contribution in [0.3, 0.4) is 0 Å². The maximum Gasteiger partial charge on any atom is 0.191 e. The van der Waals surface area contributed by atoms with E-state index in [0.717, 1.165) is 44.0 Å². The van der Waals surface area contributed by atoms with Gasteiger partial charge in [-0.05, 0) is 44.0 Å². The highest BCUT2D eigenvalue weighted by Crippen LogP contribution is 2.55. The molecule has 0 amide bonds. The summed E-state index contributed by atoms with van der Waals surface area (Å²) in [6.07, 6.45) is 2.03. The standard InChI is InChI=1S/C29H36N6O3/c1-4-37-26-15-21(5-6-25(26)38-14-11-34-9-12-36-13-10-34)27-24-17-35(20(2)3)8-7-22(24)23(16-30)28(33)29(27,18-31)19-32/h5-7,15,20,24,27H,4,8-14,17,33H2,1-3H3/t24-,27+/m0/s1. The SMILES string of the molecule is CCOc1cc([C@@H]2[C@H]3CN(C(C)C)CC=C3C(C#N)=C(N)C2(C#N)C#N)ccc1OCCN1CCOCC1. The molecule has 2 atom stereocenters. The van der Waals surface area contributed by atoms with Crippen LogP contribution in [-0.4, -0.2) is 75.0 Å². The first-order valence-corrected chi connectivity index (χ1v) is 13.3. The van der Waals surface area contributed by atoms with E-state index in [1.165, 1.54) is 0 Å². The lowest BCUT2D eigenvalue weighted by molar-refractivity contribution is 0.0321. The Hall–Kier alpha value is -3.55. The molecule has 2 aliphatic heterocycles. The molecule has 1 aromatic rings. The lowest BCUT2D eigenvalue weighted by Crippen LogP contribution is -2.49. The first-order valence-electron chi connectivity index (χ1n) is 13.3. The summed E-state index contributed by atoms with van der Waals surface area (Å²) in [5.74, 6) is 0.343. The number of hydrogen-bond acceptors (Lipinski definition) is 9. The molecule has 1 fully saturated rings. The molecule has 9 nitrogen and oxygen atoms in total. The zero-order chi connectivity index (χ0) is 27.3. The van der Waals surface area contributed by atoms with Gasteiger partial charge in [0, 0.05) is 50.6 Å². The fourth-order valence-electron chi connectivity index (χ4n) is 5.72. The van der Waals surface area contributed by atoms with Crippen molar-refractivity contribution in [3.63, 3.8) is 0 Å². The summed E-state index contributed by atoms with van der Waals surface area (Å²) < 4.78 is 17.5. The third kappa shape index (κ3) is 5.08. The van der Waals surface area contributed by atoms with E-state index in [4.69, 9.17) is 19.9 Å². The maximum atomic E-state index is 10.4. The zero-order valence-corrected chi connectivity index (χ0v) is 22.4. The van der Waals surface area contributed by atoms with Crippen molar-refractivity contribution in [2.75, 3.05) is 59.2 Å². The van der Waals surface area contributed by atoms with Gasteiger partial charge in [-0.3, -0.25) is 9.80 Å². The van der Waals surface area contributed by atoms with E-state index in [2.05, 4.69) is 41.9 Å². The Kier molecular flexibility index (Phi) is 8.59. The number of nitrogens with two attached hydrogens (primary N) is 1. The van der Waals surface area contributed by atoms with Gasteiger partial charge in [-0.1, -0.05) is 12.1 Å². The Morgan fingerprint density at radius 1 is 1.13 bits per heavy atom. The quantitative estimate of drug-likeness (QED) is 0.554. The highest BCUT2D eigenvalue weighted by molar-refractivity contribution is 5.60. The number of rotatable bonds is 8. The summed E-state index contributed by atoms with van der Waals surface area (Å²) in [5, 5.41) is 30.8. The van der Waals surface area contributed by atoms with Gasteiger partial charge < -0.3 is 19.9 Å². The second kappa shape index (κ2) is 11.9. The Morgan fingerprint density at radius 2 is 1.87 bits per heavy atom. The predicted octanol–water partition coefficient (Wildman–Crippen LogP) is 2.93. The van der Waals surface area contributed by atoms with Crippen LogP contribution in [0.25, 0.3) is 0 Å². The fraction of sp³-hybridized carbons (Fsp3) is 0.552. The van der Waals surface area contributed by atoms with Crippen molar-refractivity contribution in [1.82, 2.24) is 9.80 Å². The van der Waals surface area contributed by atoms with Gasteiger partial charge in [0.15, 0.2) is 16.9 Å². The number of benzene rings is 1. The third-order valence-corrected chi connectivity index (χ3v) is 7.82. The number of ether oxygens (including phenoxy) is 3. The largest absolute Gasteiger partial charge is 0.490 e. The van der Waals surface area contributed by atoms with Crippen molar-refractivity contribution in [2.45, 2.75) is 32.7 Å². The van der Waals surface area contributed by atoms with Gasteiger partial charge in [0.05, 0.1) is 43.2 Å². The second-order valence-corrected chi connectivity index (χ2v) is 10.2. The Morgan fingerprint density at radius 3 is 2.50 bits per heavy atom. The Balaban J connectivity index is 1.73. The molecule has 1 aromatic carbocycles. The number of fused-ring (bicyclic) bond motifs is 1. The van der Waals surface area contributed by atoms with Crippen molar-refractivity contribution >= 4 is 0 Å². The predicted molar refractivity (Wildman–Crippen MR) is 142 cm³/mol. The summed E-state index contributed by atoms with van der Waals surface area (Å²) in [7, 11) is 0. The third-order valence-electron chi connectivity index (χ3n) is 7.82. The number of morpholine rings is 1. The van der Waals surface area contributed by atoms with Crippen LogP contribution in [0.15, 0.2) is 41.1 Å². The number of allylic oxidation sites excluding steroid dienone is 2. The summed E-state index contributed by atoms with van der Waals surface area (Å²) in [4.78, 5) is 4.58. The lowest BCUT2D eigenvalue weighted by Gasteiger charge is -2.46. The second-order valence-electron chi connectivity index (χ2n) is 10.2. The molecule has 0 saturated carbocycles. The van der Waals surface area contributed by atoms with Crippen molar-refractivity contribution < 1.29 is 14.2 Å². The van der Waals surface area contributed by atoms with Crippen LogP contribution in [0.2, 0.25) is 0 Å². The van der Waals surface area contributed by atoms with Crippen LogP contribution in [0, 0.1) is 45.3 Å². The van der Waals surface area contributed by atoms with E-state index in [1.807, 2.05) is 31.2 Å². The molecule has 2 N–H and O–H groups in total. The van der Waals surface area contributed by atoms with Gasteiger partial charge in [0.25, 0.3) is 0 Å². The van der Waals surface area contributed by atoms with Gasteiger partial charge >= 0.3 is 0 Å². The molecule has 4 rings (SSSR count). The van der Waals surface area contributed by atoms with Crippen molar-refractivity contribution in [2.24, 2.45) is 17.1 Å². The molecule has 2 heterocycles. The fourth-order valence-corrected chi connectivity index (χ4v) is 5.72. The first kappa shape index (κ1) is 27.5. The molecule has 0 radical (unpaired) electrons. The maximum absolute atomic E-state index is 10.4. The van der Waals surface area contributed by atoms with Gasteiger partial charge in [-0.2, -0.15) is 15.8 Å². The molecule has 38 heavy (non-hydrogen) atoms. The van der Waals surface area contributed by atoms with Crippen LogP contribution in [0.1, 0.15) is 32.3 Å². The lowest BCUT2D eigenvalue weighted by atomic mass is 9.58. The molecule has 9 heteroatoms. The minimum Gasteiger partial charge on any atom is -0.490 e. The average molecular weight is 517 g/mol. The molecule has 3 aliphatic rings. The van der Waals surface area contributed by atoms with Crippen LogP contribution in [0.4, 0.5) is 0 Å². The molecule has 1 aliphatic carbocycles. The van der Waals surface area contributed by atoms with Gasteiger partial charge in [0.1, 0.15) is 12.7 Å². The number of nitrogens with zero attached hydrogens (tertiary/aromatic N) is 5. The number of nitriles is 3. The molecule has 0 aromatic heterocycles. The van der Waals surface area contributed by atoms with E-state index in [-0.39, 0.29) is 23.2 Å². The summed E-state index contributed by atoms with van der Waals surface area (Å²) >= 11 is 0. The van der Waals surface area contributed by atoms with Gasteiger partial charge in [-0.15, -0.1) is 0 Å². The van der Waals surface area contributed by atoms with Gasteiger partial charge in [-0.25, -0.2) is 0 Å². The monoisotopic (exact) mass is 516 g/mol. The van der Waals surface area contributed by atoms with E-state index in [9.17, 15) is 15.8 Å². The zero-order valence-electron chi connectivity index (χ0n) is 22.4. The topological polar surface area (TPSA) is 132 Å². The average Bonchev–Trinajstić information content (AvgIpc) is 2.94. The highest BCUT2D eigenvalue weighted by atomic mass is 16.5. The van der Waals surface area contributed by atoms with Crippen LogP contribution in [0.5, 0.6) is 11.5 Å². The molecule has 200 valence electrons. The van der Waals surface area contributed by atoms with E-state index < -0.39 is 11.3 Å². The summed E-state index contributed by atoms with van der Waals surface area (Å²) in [6, 6.07) is 12.5. The van der Waals surface area contributed by atoms with Crippen LogP contribution in [-0.2, 0) is 4.74 Å².